The zero-order valence-electron chi connectivity index (χ0n) is 62.0. The maximum Gasteiger partial charge on any atom is 0.311 e. The molecule has 5 aromatic carbocycles. The van der Waals surface area contributed by atoms with E-state index < -0.39 is 40.8 Å². The van der Waals surface area contributed by atoms with E-state index in [1.165, 1.54) is 193 Å². The number of benzene rings is 5. The predicted octanol–water partition coefficient (Wildman–Crippen LogP) is 27.9. The van der Waals surface area contributed by atoms with Crippen molar-refractivity contribution >= 4 is 38.3 Å². The second kappa shape index (κ2) is 52.7. The zero-order valence-corrected chi connectivity index (χ0v) is 62.0. The van der Waals surface area contributed by atoms with Crippen LogP contribution in [0.3, 0.4) is 0 Å². The number of carbonyl (C=O) groups excluding carboxylic acids is 1. The van der Waals surface area contributed by atoms with Gasteiger partial charge in [0.25, 0.3) is 0 Å². The molecular formula is C85H131F5O8. The zero-order chi connectivity index (χ0) is 70.1. The Balaban J connectivity index is 1.47. The Kier molecular flexibility index (Phi) is 44.9. The smallest absolute Gasteiger partial charge is 0.311 e. The van der Waals surface area contributed by atoms with Crippen molar-refractivity contribution in [3.63, 3.8) is 0 Å². The molecular weight excluding hydrogens is 1240 g/mol. The lowest BCUT2D eigenvalue weighted by molar-refractivity contribution is -0.135. The largest absolute Gasteiger partial charge is 0.490 e. The third-order valence-electron chi connectivity index (χ3n) is 19.3. The topological polar surface area (TPSA) is 81.7 Å². The molecule has 0 heterocycles. The van der Waals surface area contributed by atoms with Crippen LogP contribution in [-0.2, 0) is 4.79 Å². The maximum absolute atomic E-state index is 14.1. The first kappa shape index (κ1) is 83.5. The molecule has 0 N–H and O–H groups in total. The van der Waals surface area contributed by atoms with Crippen molar-refractivity contribution in [1.29, 1.82) is 0 Å². The van der Waals surface area contributed by atoms with E-state index >= 15 is 0 Å². The molecule has 0 aliphatic rings. The van der Waals surface area contributed by atoms with Gasteiger partial charge >= 0.3 is 5.97 Å². The number of fused-ring (bicyclic) bond motifs is 6. The molecule has 0 saturated heterocycles. The van der Waals surface area contributed by atoms with Gasteiger partial charge in [0.1, 0.15) is 0 Å². The summed E-state index contributed by atoms with van der Waals surface area (Å²) in [5.41, 5.74) is 0. The molecule has 0 amide bonds. The van der Waals surface area contributed by atoms with E-state index in [-0.39, 0.29) is 6.42 Å². The lowest BCUT2D eigenvalue weighted by atomic mass is 9.93. The number of rotatable bonds is 63. The van der Waals surface area contributed by atoms with E-state index in [1.807, 2.05) is 0 Å². The van der Waals surface area contributed by atoms with Gasteiger partial charge in [-0.2, -0.15) is 8.78 Å². The minimum absolute atomic E-state index is 0.213. The highest BCUT2D eigenvalue weighted by Crippen LogP contribution is 2.48. The normalized spacial score (nSPS) is 11.6. The Morgan fingerprint density at radius 1 is 0.235 bits per heavy atom. The van der Waals surface area contributed by atoms with E-state index in [9.17, 15) is 26.7 Å². The summed E-state index contributed by atoms with van der Waals surface area (Å²) < 4.78 is 115. The van der Waals surface area contributed by atoms with Crippen molar-refractivity contribution in [2.24, 2.45) is 0 Å². The fourth-order valence-corrected chi connectivity index (χ4v) is 13.2. The Hall–Kier alpha value is -5.20. The second-order valence-corrected chi connectivity index (χ2v) is 28.0. The number of hydrogen-bond donors (Lipinski definition) is 0. The molecule has 13 heteroatoms. The number of hydrogen-bond acceptors (Lipinski definition) is 8. The molecule has 0 unspecified atom stereocenters. The van der Waals surface area contributed by atoms with E-state index in [0.29, 0.717) is 58.2 Å². The molecule has 554 valence electrons. The Morgan fingerprint density at radius 2 is 0.398 bits per heavy atom. The molecule has 5 aromatic rings. The molecule has 0 bridgehead atoms. The first-order valence-electron chi connectivity index (χ1n) is 40.1. The van der Waals surface area contributed by atoms with Crippen LogP contribution in [0.2, 0.25) is 0 Å². The third-order valence-corrected chi connectivity index (χ3v) is 19.3. The van der Waals surface area contributed by atoms with E-state index in [0.717, 1.165) is 164 Å². The lowest BCUT2D eigenvalue weighted by Crippen LogP contribution is -2.13. The van der Waals surface area contributed by atoms with Crippen LogP contribution in [0.1, 0.15) is 349 Å². The summed E-state index contributed by atoms with van der Waals surface area (Å²) in [7, 11) is 0. The van der Waals surface area contributed by atoms with Gasteiger partial charge in [-0.05, 0) is 114 Å². The summed E-state index contributed by atoms with van der Waals surface area (Å²) in [6.45, 7) is 14.9. The summed E-state index contributed by atoms with van der Waals surface area (Å²) in [6.07, 6.45) is 54.8. The highest BCUT2D eigenvalue weighted by atomic mass is 19.2. The van der Waals surface area contributed by atoms with Crippen molar-refractivity contribution in [2.75, 3.05) is 39.6 Å². The molecule has 0 saturated carbocycles. The molecule has 0 fully saturated rings. The number of carbonyl (C=O) groups is 1. The summed E-state index contributed by atoms with van der Waals surface area (Å²) in [6, 6.07) is 13.4. The van der Waals surface area contributed by atoms with Crippen LogP contribution >= 0.6 is 0 Å². The van der Waals surface area contributed by atoms with Gasteiger partial charge in [0.15, 0.2) is 34.5 Å². The van der Waals surface area contributed by atoms with Crippen molar-refractivity contribution < 1.29 is 59.9 Å². The first-order valence-corrected chi connectivity index (χ1v) is 40.1. The maximum atomic E-state index is 14.1. The van der Waals surface area contributed by atoms with Gasteiger partial charge in [-0.15, -0.1) is 0 Å². The van der Waals surface area contributed by atoms with Gasteiger partial charge in [0.05, 0.1) is 39.6 Å². The van der Waals surface area contributed by atoms with Crippen LogP contribution in [-0.4, -0.2) is 45.6 Å². The average molecular weight is 1380 g/mol. The van der Waals surface area contributed by atoms with Gasteiger partial charge in [-0.25, -0.2) is 13.2 Å². The van der Waals surface area contributed by atoms with Crippen LogP contribution in [0.25, 0.3) is 32.3 Å². The van der Waals surface area contributed by atoms with Gasteiger partial charge in [-0.1, -0.05) is 298 Å². The molecule has 0 atom stereocenters. The Bertz CT molecular complexity index is 2840. The van der Waals surface area contributed by atoms with Gasteiger partial charge in [0.2, 0.25) is 34.8 Å². The fourth-order valence-electron chi connectivity index (χ4n) is 13.2. The van der Waals surface area contributed by atoms with Crippen LogP contribution in [0, 0.1) is 29.1 Å². The van der Waals surface area contributed by atoms with E-state index in [2.05, 4.69) is 75.8 Å². The number of ether oxygens (including phenoxy) is 7. The molecule has 0 aliphatic carbocycles. The highest BCUT2D eigenvalue weighted by Gasteiger charge is 2.29. The molecule has 0 spiro atoms. The fraction of sp³-hybridized carbons (Fsp3) is 0.706. The molecule has 8 nitrogen and oxygen atoms in total. The van der Waals surface area contributed by atoms with Gasteiger partial charge < -0.3 is 33.2 Å². The third kappa shape index (κ3) is 31.8. The first-order chi connectivity index (χ1) is 48.1. The Morgan fingerprint density at radius 3 is 0.592 bits per heavy atom. The summed E-state index contributed by atoms with van der Waals surface area (Å²) in [5.74, 6) is -9.03. The van der Waals surface area contributed by atoms with Crippen molar-refractivity contribution in [1.82, 2.24) is 0 Å². The van der Waals surface area contributed by atoms with Crippen molar-refractivity contribution in [2.45, 2.75) is 349 Å². The minimum atomic E-state index is -2.30. The van der Waals surface area contributed by atoms with Crippen LogP contribution in [0.15, 0.2) is 36.4 Å². The van der Waals surface area contributed by atoms with Crippen LogP contribution in [0.5, 0.6) is 40.2 Å². The lowest BCUT2D eigenvalue weighted by Gasteiger charge is -2.21. The Labute approximate surface area is 590 Å². The summed E-state index contributed by atoms with van der Waals surface area (Å²) >= 11 is 0. The van der Waals surface area contributed by atoms with Crippen molar-refractivity contribution in [3.8, 4) is 40.2 Å². The summed E-state index contributed by atoms with van der Waals surface area (Å²) in [5, 5.41) is 6.34. The van der Waals surface area contributed by atoms with E-state index in [1.54, 1.807) is 0 Å². The summed E-state index contributed by atoms with van der Waals surface area (Å²) in [4.78, 5) is 12.3. The molecule has 98 heavy (non-hydrogen) atoms. The number of halogens is 5. The quantitative estimate of drug-likeness (QED) is 0.00724. The van der Waals surface area contributed by atoms with Crippen molar-refractivity contribution in [3.05, 3.63) is 65.5 Å². The minimum Gasteiger partial charge on any atom is -0.490 e. The van der Waals surface area contributed by atoms with Crippen LogP contribution in [0.4, 0.5) is 22.0 Å². The molecule has 0 aromatic heterocycles. The van der Waals surface area contributed by atoms with Gasteiger partial charge in [0, 0.05) is 6.42 Å². The van der Waals surface area contributed by atoms with E-state index in [4.69, 9.17) is 28.4 Å². The predicted molar refractivity (Wildman–Crippen MR) is 398 cm³/mol. The average Bonchev–Trinajstić information content (AvgIpc) is 0.728. The second-order valence-electron chi connectivity index (χ2n) is 28.0. The number of esters is 1. The molecule has 0 radical (unpaired) electrons. The van der Waals surface area contributed by atoms with Gasteiger partial charge in [-0.3, -0.25) is 4.79 Å². The SMILES string of the molecule is CCCCCCCCCCOc1cc2c3cc(OCCCCCCCCCC)c(OCCCCCCCCCC)cc3c3cc(OCCCCCCCCCCC(=O)Oc4c(F)c(F)c(F)c(F)c4F)c(OCCCCCCCCCC)cc3c2cc1OCCCCCCCCCC. The van der Waals surface area contributed by atoms with Crippen LogP contribution < -0.4 is 33.2 Å². The molecule has 0 aliphatic heterocycles. The standard InChI is InChI=1S/C85H131F5O8/c1-6-11-16-21-26-34-41-48-55-92-73-61-67-68-62-74(93-56-49-42-35-27-22-17-12-7-2)76(95-58-51-44-37-29-24-19-14-9-4)64-70(68)72-66-78(97-60-53-46-39-32-31-33-40-47-54-79(91)98-85-83(89)81(87)80(86)82(88)84(85)90)77(96-59-52-45-38-30-25-20-15-10-5)65-71(72)69(67)63-75(73)94-57-50-43-36-28-23-18-13-8-3/h61-66H,6-60H2,1-5H3. The highest BCUT2D eigenvalue weighted by molar-refractivity contribution is 6.27. The molecule has 5 rings (SSSR count). The number of unbranched alkanes of at least 4 members (excludes halogenated alkanes) is 42. The monoisotopic (exact) mass is 1370 g/mol.